The molecule has 2 aliphatic heterocycles. The van der Waals surface area contributed by atoms with E-state index in [-0.39, 0.29) is 18.8 Å². The quantitative estimate of drug-likeness (QED) is 0.678. The average molecular weight is 268 g/mol. The number of benzene rings is 1. The van der Waals surface area contributed by atoms with Crippen molar-refractivity contribution in [2.45, 2.75) is 37.3 Å². The second-order valence-electron chi connectivity index (χ2n) is 4.76. The summed E-state index contributed by atoms with van der Waals surface area (Å²) in [4.78, 5) is 0. The molecular formula is C13H16O6. The lowest BCUT2D eigenvalue weighted by molar-refractivity contribution is -0.331. The fourth-order valence-corrected chi connectivity index (χ4v) is 2.45. The normalized spacial score (nSPS) is 38.7. The molecule has 6 heteroatoms. The van der Waals surface area contributed by atoms with Gasteiger partial charge in [-0.25, -0.2) is 0 Å². The maximum Gasteiger partial charge on any atom is 0.188 e. The number of hydrogen-bond donors (Lipinski definition) is 3. The molecule has 2 saturated heterocycles. The van der Waals surface area contributed by atoms with Crippen LogP contribution in [0.25, 0.3) is 0 Å². The average Bonchev–Trinajstić information content (AvgIpc) is 2.39. The van der Waals surface area contributed by atoms with Crippen LogP contribution in [0.5, 0.6) is 5.75 Å². The number of fused-ring (bicyclic) bond motifs is 1. The lowest BCUT2D eigenvalue weighted by Crippen LogP contribution is -2.54. The smallest absolute Gasteiger partial charge is 0.188 e. The van der Waals surface area contributed by atoms with Crippen molar-refractivity contribution in [2.24, 2.45) is 0 Å². The molecule has 0 aromatic heterocycles. The van der Waals surface area contributed by atoms with Crippen LogP contribution in [-0.2, 0) is 14.2 Å². The van der Waals surface area contributed by atoms with E-state index in [4.69, 9.17) is 14.2 Å². The van der Waals surface area contributed by atoms with Crippen LogP contribution >= 0.6 is 0 Å². The first-order chi connectivity index (χ1) is 9.15. The molecule has 0 amide bonds. The van der Waals surface area contributed by atoms with E-state index in [1.807, 2.05) is 0 Å². The van der Waals surface area contributed by atoms with Gasteiger partial charge in [0.1, 0.15) is 18.0 Å². The Hall–Kier alpha value is -1.18. The summed E-state index contributed by atoms with van der Waals surface area (Å²) in [5, 5.41) is 29.1. The summed E-state index contributed by atoms with van der Waals surface area (Å²) in [5.41, 5.74) is 0.513. The van der Waals surface area contributed by atoms with Crippen molar-refractivity contribution in [3.8, 4) is 5.75 Å². The Morgan fingerprint density at radius 2 is 1.89 bits per heavy atom. The molecule has 19 heavy (non-hydrogen) atoms. The monoisotopic (exact) mass is 268 g/mol. The van der Waals surface area contributed by atoms with Gasteiger partial charge in [0.25, 0.3) is 0 Å². The number of aliphatic hydroxyl groups is 2. The SMILES string of the molecule is Oc1ccccc1[C@H]1OC[C@H]2OC(O)C[C@@H](O)[C@H]2O1. The number of ether oxygens (including phenoxy) is 3. The molecule has 1 unspecified atom stereocenters. The Morgan fingerprint density at radius 3 is 2.68 bits per heavy atom. The third-order valence-electron chi connectivity index (χ3n) is 3.40. The molecular weight excluding hydrogens is 252 g/mol. The van der Waals surface area contributed by atoms with E-state index < -0.39 is 30.9 Å². The van der Waals surface area contributed by atoms with Crippen molar-refractivity contribution < 1.29 is 29.5 Å². The predicted octanol–water partition coefficient (Wildman–Crippen LogP) is 0.274. The van der Waals surface area contributed by atoms with Gasteiger partial charge in [0.2, 0.25) is 0 Å². The minimum absolute atomic E-state index is 0.0807. The van der Waals surface area contributed by atoms with Crippen molar-refractivity contribution >= 4 is 0 Å². The minimum Gasteiger partial charge on any atom is -0.507 e. The van der Waals surface area contributed by atoms with Gasteiger partial charge in [-0.15, -0.1) is 0 Å². The highest BCUT2D eigenvalue weighted by molar-refractivity contribution is 5.33. The number of para-hydroxylation sites is 1. The molecule has 104 valence electrons. The molecule has 0 aliphatic carbocycles. The van der Waals surface area contributed by atoms with Crippen LogP contribution in [0.1, 0.15) is 18.3 Å². The number of phenols is 1. The molecule has 0 bridgehead atoms. The highest BCUT2D eigenvalue weighted by Crippen LogP contribution is 2.36. The van der Waals surface area contributed by atoms with Crippen LogP contribution in [0.15, 0.2) is 24.3 Å². The first-order valence-corrected chi connectivity index (χ1v) is 6.21. The minimum atomic E-state index is -0.995. The van der Waals surface area contributed by atoms with Crippen LogP contribution in [0.4, 0.5) is 0 Å². The van der Waals surface area contributed by atoms with Gasteiger partial charge < -0.3 is 29.5 Å². The Balaban J connectivity index is 1.77. The van der Waals surface area contributed by atoms with Gasteiger partial charge in [-0.05, 0) is 6.07 Å². The van der Waals surface area contributed by atoms with Gasteiger partial charge >= 0.3 is 0 Å². The molecule has 0 saturated carbocycles. The number of aliphatic hydroxyl groups excluding tert-OH is 2. The van der Waals surface area contributed by atoms with Crippen molar-refractivity contribution in [3.63, 3.8) is 0 Å². The third-order valence-corrected chi connectivity index (χ3v) is 3.40. The summed E-state index contributed by atoms with van der Waals surface area (Å²) < 4.78 is 16.4. The molecule has 5 atom stereocenters. The summed E-state index contributed by atoms with van der Waals surface area (Å²) in [5.74, 6) is 0.0807. The van der Waals surface area contributed by atoms with Gasteiger partial charge in [0.15, 0.2) is 12.6 Å². The zero-order valence-corrected chi connectivity index (χ0v) is 10.2. The van der Waals surface area contributed by atoms with E-state index >= 15 is 0 Å². The van der Waals surface area contributed by atoms with Crippen molar-refractivity contribution in [2.75, 3.05) is 6.61 Å². The summed E-state index contributed by atoms with van der Waals surface area (Å²) in [6, 6.07) is 6.72. The second-order valence-corrected chi connectivity index (χ2v) is 4.76. The van der Waals surface area contributed by atoms with E-state index in [1.165, 1.54) is 0 Å². The predicted molar refractivity (Wildman–Crippen MR) is 63.2 cm³/mol. The van der Waals surface area contributed by atoms with Gasteiger partial charge in [0, 0.05) is 12.0 Å². The van der Waals surface area contributed by atoms with Crippen LogP contribution in [0, 0.1) is 0 Å². The molecule has 0 radical (unpaired) electrons. The summed E-state index contributed by atoms with van der Waals surface area (Å²) in [6.45, 7) is 0.192. The topological polar surface area (TPSA) is 88.4 Å². The van der Waals surface area contributed by atoms with Crippen molar-refractivity contribution in [1.29, 1.82) is 0 Å². The van der Waals surface area contributed by atoms with E-state index in [2.05, 4.69) is 0 Å². The van der Waals surface area contributed by atoms with Crippen LogP contribution in [0.3, 0.4) is 0 Å². The summed E-state index contributed by atoms with van der Waals surface area (Å²) in [7, 11) is 0. The highest BCUT2D eigenvalue weighted by Gasteiger charge is 2.43. The molecule has 2 aliphatic rings. The summed E-state index contributed by atoms with van der Waals surface area (Å²) in [6.07, 6.45) is -3.51. The van der Waals surface area contributed by atoms with Gasteiger partial charge in [-0.1, -0.05) is 18.2 Å². The first kappa shape index (κ1) is 12.8. The first-order valence-electron chi connectivity index (χ1n) is 6.21. The Labute approximate surface area is 110 Å². The third kappa shape index (κ3) is 2.45. The molecule has 1 aromatic carbocycles. The Morgan fingerprint density at radius 1 is 1.11 bits per heavy atom. The second kappa shape index (κ2) is 5.07. The Bertz CT molecular complexity index is 451. The van der Waals surface area contributed by atoms with E-state index in [1.54, 1.807) is 24.3 Å². The molecule has 6 nitrogen and oxygen atoms in total. The largest absolute Gasteiger partial charge is 0.507 e. The summed E-state index contributed by atoms with van der Waals surface area (Å²) >= 11 is 0. The standard InChI is InChI=1S/C13H16O6/c14-8-4-2-1-3-7(8)13-17-6-10-12(19-13)9(15)5-11(16)18-10/h1-4,9-16H,5-6H2/t9-,10-,11?,12-,13+/m1/s1. The van der Waals surface area contributed by atoms with Gasteiger partial charge in [0.05, 0.1) is 12.7 Å². The highest BCUT2D eigenvalue weighted by atomic mass is 16.7. The molecule has 3 N–H and O–H groups in total. The number of rotatable bonds is 1. The molecule has 2 heterocycles. The maximum atomic E-state index is 9.93. The molecule has 0 spiro atoms. The number of aromatic hydroxyl groups is 1. The van der Waals surface area contributed by atoms with Gasteiger partial charge in [-0.3, -0.25) is 0 Å². The number of hydrogen-bond acceptors (Lipinski definition) is 6. The molecule has 2 fully saturated rings. The lowest BCUT2D eigenvalue weighted by atomic mass is 10.0. The zero-order valence-electron chi connectivity index (χ0n) is 10.2. The van der Waals surface area contributed by atoms with E-state index in [0.29, 0.717) is 5.56 Å². The van der Waals surface area contributed by atoms with E-state index in [0.717, 1.165) is 0 Å². The van der Waals surface area contributed by atoms with Crippen molar-refractivity contribution in [1.82, 2.24) is 0 Å². The molecule has 1 aromatic rings. The molecule has 3 rings (SSSR count). The zero-order chi connectivity index (χ0) is 13.4. The fraction of sp³-hybridized carbons (Fsp3) is 0.538. The van der Waals surface area contributed by atoms with Crippen molar-refractivity contribution in [3.05, 3.63) is 29.8 Å². The Kier molecular flexibility index (Phi) is 3.42. The van der Waals surface area contributed by atoms with Crippen LogP contribution in [0.2, 0.25) is 0 Å². The van der Waals surface area contributed by atoms with Crippen LogP contribution < -0.4 is 0 Å². The lowest BCUT2D eigenvalue weighted by Gasteiger charge is -2.43. The fourth-order valence-electron chi connectivity index (χ4n) is 2.45. The number of phenolic OH excluding ortho intramolecular Hbond substituents is 1. The maximum absolute atomic E-state index is 9.93. The van der Waals surface area contributed by atoms with Gasteiger partial charge in [-0.2, -0.15) is 0 Å². The van der Waals surface area contributed by atoms with Crippen LogP contribution in [-0.4, -0.2) is 46.5 Å². The van der Waals surface area contributed by atoms with E-state index in [9.17, 15) is 15.3 Å².